The van der Waals surface area contributed by atoms with Gasteiger partial charge in [0, 0.05) is 18.2 Å². The Labute approximate surface area is 203 Å². The van der Waals surface area contributed by atoms with Crippen LogP contribution in [0.15, 0.2) is 59.5 Å². The standard InChI is InChI=1S/C24H27N3O5S2/c1-5-32-23(29)21-17(4)25-24(33-21)26-22(28)19-11-13-20(14-12-19)34(30,31)27(16(2)3)15-18-9-7-6-8-10-18/h6-14,16H,5,15H2,1-4H3,(H,25,26,28). The summed E-state index contributed by atoms with van der Waals surface area (Å²) in [6.07, 6.45) is 0. The Hall–Kier alpha value is -3.08. The van der Waals surface area contributed by atoms with E-state index in [1.54, 1.807) is 13.8 Å². The molecule has 1 amide bonds. The smallest absolute Gasteiger partial charge is 0.350 e. The number of anilines is 1. The number of aromatic nitrogens is 1. The normalized spacial score (nSPS) is 11.6. The first-order chi connectivity index (χ1) is 16.1. The van der Waals surface area contributed by atoms with Crippen molar-refractivity contribution in [2.24, 2.45) is 0 Å². The Morgan fingerprint density at radius 1 is 1.09 bits per heavy atom. The summed E-state index contributed by atoms with van der Waals surface area (Å²) in [4.78, 5) is 29.2. The van der Waals surface area contributed by atoms with Gasteiger partial charge in [-0.25, -0.2) is 18.2 Å². The van der Waals surface area contributed by atoms with Crippen LogP contribution in [0.4, 0.5) is 5.13 Å². The van der Waals surface area contributed by atoms with Gasteiger partial charge in [-0.15, -0.1) is 0 Å². The van der Waals surface area contributed by atoms with Crippen LogP contribution >= 0.6 is 11.3 Å². The Bertz CT molecular complexity index is 1250. The summed E-state index contributed by atoms with van der Waals surface area (Å²) >= 11 is 1.03. The van der Waals surface area contributed by atoms with Gasteiger partial charge in [0.1, 0.15) is 4.88 Å². The van der Waals surface area contributed by atoms with E-state index < -0.39 is 21.9 Å². The number of nitrogens with zero attached hydrogens (tertiary/aromatic N) is 2. The van der Waals surface area contributed by atoms with Gasteiger partial charge in [0.15, 0.2) is 5.13 Å². The molecule has 0 radical (unpaired) electrons. The molecule has 8 nitrogen and oxygen atoms in total. The van der Waals surface area contributed by atoms with E-state index in [1.807, 2.05) is 44.2 Å². The Kier molecular flexibility index (Phi) is 8.19. The molecule has 0 atom stereocenters. The van der Waals surface area contributed by atoms with E-state index in [2.05, 4.69) is 10.3 Å². The minimum absolute atomic E-state index is 0.100. The molecule has 0 aliphatic heterocycles. The van der Waals surface area contributed by atoms with Crippen LogP contribution in [0.1, 0.15) is 52.1 Å². The molecule has 0 aliphatic rings. The molecule has 180 valence electrons. The summed E-state index contributed by atoms with van der Waals surface area (Å²) in [5.74, 6) is -0.948. The molecule has 0 fully saturated rings. The van der Waals surface area contributed by atoms with E-state index in [-0.39, 0.29) is 34.8 Å². The van der Waals surface area contributed by atoms with Crippen molar-refractivity contribution in [2.75, 3.05) is 11.9 Å². The van der Waals surface area contributed by atoms with E-state index in [0.29, 0.717) is 10.6 Å². The molecule has 1 aromatic heterocycles. The van der Waals surface area contributed by atoms with Crippen LogP contribution in [-0.4, -0.2) is 42.2 Å². The second kappa shape index (κ2) is 10.9. The second-order valence-corrected chi connectivity index (χ2v) is 10.7. The van der Waals surface area contributed by atoms with Gasteiger partial charge in [0.05, 0.1) is 17.2 Å². The fourth-order valence-electron chi connectivity index (χ4n) is 3.23. The molecule has 3 rings (SSSR count). The van der Waals surface area contributed by atoms with E-state index in [4.69, 9.17) is 4.74 Å². The molecule has 10 heteroatoms. The molecule has 0 saturated heterocycles. The van der Waals surface area contributed by atoms with Gasteiger partial charge in [-0.2, -0.15) is 4.31 Å². The van der Waals surface area contributed by atoms with Crippen molar-refractivity contribution < 1.29 is 22.7 Å². The fourth-order valence-corrected chi connectivity index (χ4v) is 5.71. The first kappa shape index (κ1) is 25.5. The number of benzene rings is 2. The van der Waals surface area contributed by atoms with Gasteiger partial charge in [0.25, 0.3) is 5.91 Å². The first-order valence-electron chi connectivity index (χ1n) is 10.7. The Morgan fingerprint density at radius 2 is 1.74 bits per heavy atom. The average molecular weight is 502 g/mol. The molecule has 0 aliphatic carbocycles. The van der Waals surface area contributed by atoms with Crippen LogP contribution in [0.3, 0.4) is 0 Å². The first-order valence-corrected chi connectivity index (χ1v) is 13.0. The Morgan fingerprint density at radius 3 is 2.32 bits per heavy atom. The van der Waals surface area contributed by atoms with Crippen molar-refractivity contribution in [1.29, 1.82) is 0 Å². The van der Waals surface area contributed by atoms with Crippen molar-refractivity contribution in [3.8, 4) is 0 Å². The lowest BCUT2D eigenvalue weighted by Crippen LogP contribution is -2.36. The number of esters is 1. The van der Waals surface area contributed by atoms with Gasteiger partial charge < -0.3 is 4.74 Å². The largest absolute Gasteiger partial charge is 0.462 e. The number of sulfonamides is 1. The van der Waals surface area contributed by atoms with Crippen molar-refractivity contribution >= 4 is 38.4 Å². The third-order valence-corrected chi connectivity index (χ3v) is 8.05. The zero-order valence-corrected chi connectivity index (χ0v) is 21.1. The minimum Gasteiger partial charge on any atom is -0.462 e. The molecule has 0 bridgehead atoms. The molecule has 34 heavy (non-hydrogen) atoms. The van der Waals surface area contributed by atoms with Crippen LogP contribution < -0.4 is 5.32 Å². The predicted molar refractivity (Wildman–Crippen MR) is 132 cm³/mol. The number of amides is 1. The molecule has 1 heterocycles. The lowest BCUT2D eigenvalue weighted by atomic mass is 10.2. The van der Waals surface area contributed by atoms with E-state index >= 15 is 0 Å². The average Bonchev–Trinajstić information content (AvgIpc) is 3.18. The summed E-state index contributed by atoms with van der Waals surface area (Å²) in [6, 6.07) is 14.9. The van der Waals surface area contributed by atoms with Crippen LogP contribution in [0, 0.1) is 6.92 Å². The van der Waals surface area contributed by atoms with Crippen molar-refractivity contribution in [3.63, 3.8) is 0 Å². The van der Waals surface area contributed by atoms with E-state index in [1.165, 1.54) is 28.6 Å². The number of aryl methyl sites for hydroxylation is 1. The molecule has 0 saturated carbocycles. The maximum atomic E-state index is 13.3. The third-order valence-electron chi connectivity index (χ3n) is 4.96. The number of nitrogens with one attached hydrogen (secondary N) is 1. The maximum Gasteiger partial charge on any atom is 0.350 e. The molecular weight excluding hydrogens is 474 g/mol. The second-order valence-electron chi connectivity index (χ2n) is 7.76. The number of hydrogen-bond donors (Lipinski definition) is 1. The molecule has 0 spiro atoms. The van der Waals surface area contributed by atoms with Crippen LogP contribution in [0.25, 0.3) is 0 Å². The number of carbonyl (C=O) groups is 2. The molecule has 0 unspecified atom stereocenters. The van der Waals surface area contributed by atoms with Crippen molar-refractivity contribution in [3.05, 3.63) is 76.3 Å². The van der Waals surface area contributed by atoms with Gasteiger partial charge >= 0.3 is 5.97 Å². The van der Waals surface area contributed by atoms with Crippen LogP contribution in [0.5, 0.6) is 0 Å². The summed E-state index contributed by atoms with van der Waals surface area (Å²) in [5, 5.41) is 2.91. The number of ether oxygens (including phenoxy) is 1. The topological polar surface area (TPSA) is 106 Å². The van der Waals surface area contributed by atoms with Gasteiger partial charge in [-0.05, 0) is 57.5 Å². The number of hydrogen-bond acceptors (Lipinski definition) is 7. The van der Waals surface area contributed by atoms with Crippen molar-refractivity contribution in [2.45, 2.75) is 45.2 Å². The van der Waals surface area contributed by atoms with E-state index in [9.17, 15) is 18.0 Å². The summed E-state index contributed by atoms with van der Waals surface area (Å²) in [7, 11) is -3.78. The minimum atomic E-state index is -3.78. The molecule has 1 N–H and O–H groups in total. The Balaban J connectivity index is 1.76. The third kappa shape index (κ3) is 5.88. The van der Waals surface area contributed by atoms with Crippen molar-refractivity contribution in [1.82, 2.24) is 9.29 Å². The highest BCUT2D eigenvalue weighted by Crippen LogP contribution is 2.25. The molecular formula is C24H27N3O5S2. The summed E-state index contributed by atoms with van der Waals surface area (Å²) < 4.78 is 33.0. The number of thiazole rings is 1. The maximum absolute atomic E-state index is 13.3. The van der Waals surface area contributed by atoms with Gasteiger partial charge in [-0.1, -0.05) is 41.7 Å². The van der Waals surface area contributed by atoms with Gasteiger partial charge in [0.2, 0.25) is 10.0 Å². The van der Waals surface area contributed by atoms with Crippen LogP contribution in [-0.2, 0) is 21.3 Å². The summed E-state index contributed by atoms with van der Waals surface area (Å²) in [6.45, 7) is 7.50. The monoisotopic (exact) mass is 501 g/mol. The highest BCUT2D eigenvalue weighted by molar-refractivity contribution is 7.89. The zero-order chi connectivity index (χ0) is 24.9. The number of rotatable bonds is 9. The molecule has 3 aromatic rings. The fraction of sp³-hybridized carbons (Fsp3) is 0.292. The van der Waals surface area contributed by atoms with Gasteiger partial charge in [-0.3, -0.25) is 10.1 Å². The lowest BCUT2D eigenvalue weighted by Gasteiger charge is -2.26. The highest BCUT2D eigenvalue weighted by Gasteiger charge is 2.27. The van der Waals surface area contributed by atoms with Crippen LogP contribution in [0.2, 0.25) is 0 Å². The quantitative estimate of drug-likeness (QED) is 0.434. The molecule has 2 aromatic carbocycles. The number of carbonyl (C=O) groups excluding carboxylic acids is 2. The zero-order valence-electron chi connectivity index (χ0n) is 19.4. The highest BCUT2D eigenvalue weighted by atomic mass is 32.2. The predicted octanol–water partition coefficient (Wildman–Crippen LogP) is 4.48. The lowest BCUT2D eigenvalue weighted by molar-refractivity contribution is 0.0531. The van der Waals surface area contributed by atoms with E-state index in [0.717, 1.165) is 16.9 Å². The summed E-state index contributed by atoms with van der Waals surface area (Å²) in [5.41, 5.74) is 1.62. The SMILES string of the molecule is CCOC(=O)c1sc(NC(=O)c2ccc(S(=O)(=O)N(Cc3ccccc3)C(C)C)cc2)nc1C.